The molecule has 1 aliphatic heterocycles. The molecule has 1 aromatic rings. The summed E-state index contributed by atoms with van der Waals surface area (Å²) in [7, 11) is -3.49. The van der Waals surface area contributed by atoms with Gasteiger partial charge in [-0.05, 0) is 30.7 Å². The van der Waals surface area contributed by atoms with E-state index in [1.165, 1.54) is 12.1 Å². The second kappa shape index (κ2) is 6.66. The Bertz CT molecular complexity index is 627. The fourth-order valence-corrected chi connectivity index (χ4v) is 3.02. The van der Waals surface area contributed by atoms with Gasteiger partial charge in [-0.25, -0.2) is 13.1 Å². The van der Waals surface area contributed by atoms with Gasteiger partial charge < -0.3 is 5.32 Å². The van der Waals surface area contributed by atoms with E-state index in [-0.39, 0.29) is 11.3 Å². The maximum absolute atomic E-state index is 12.1. The Morgan fingerprint density at radius 2 is 2.05 bits per heavy atom. The molecule has 0 spiro atoms. The number of hydrogen-bond acceptors (Lipinski definition) is 4. The molecule has 0 fully saturated rings. The van der Waals surface area contributed by atoms with Crippen LogP contribution in [0.2, 0.25) is 0 Å². The highest BCUT2D eigenvalue weighted by atomic mass is 32.2. The van der Waals surface area contributed by atoms with Crippen molar-refractivity contribution in [2.45, 2.75) is 17.7 Å². The number of nitriles is 1. The Balaban J connectivity index is 2.02. The van der Waals surface area contributed by atoms with Gasteiger partial charge in [0.1, 0.15) is 0 Å². The van der Waals surface area contributed by atoms with Crippen LogP contribution in [0.4, 0.5) is 0 Å². The molecule has 1 aliphatic rings. The van der Waals surface area contributed by atoms with Gasteiger partial charge in [-0.3, -0.25) is 0 Å². The highest BCUT2D eigenvalue weighted by molar-refractivity contribution is 7.89. The van der Waals surface area contributed by atoms with E-state index in [2.05, 4.69) is 10.0 Å². The Morgan fingerprint density at radius 1 is 1.30 bits per heavy atom. The van der Waals surface area contributed by atoms with Gasteiger partial charge in [-0.1, -0.05) is 23.8 Å². The van der Waals surface area contributed by atoms with Crippen molar-refractivity contribution in [3.05, 3.63) is 41.5 Å². The summed E-state index contributed by atoms with van der Waals surface area (Å²) in [6, 6.07) is 8.44. The molecule has 0 aromatic heterocycles. The number of nitrogens with zero attached hydrogens (tertiary/aromatic N) is 1. The predicted octanol–water partition coefficient (Wildman–Crippen LogP) is 0.951. The molecule has 5 nitrogen and oxygen atoms in total. The fourth-order valence-electron chi connectivity index (χ4n) is 1.98. The van der Waals surface area contributed by atoms with Crippen molar-refractivity contribution in [3.8, 4) is 6.07 Å². The zero-order valence-electron chi connectivity index (χ0n) is 11.1. The normalized spacial score (nSPS) is 15.4. The summed E-state index contributed by atoms with van der Waals surface area (Å²) >= 11 is 0. The molecular formula is C14H17N3O2S. The van der Waals surface area contributed by atoms with Crippen LogP contribution >= 0.6 is 0 Å². The van der Waals surface area contributed by atoms with Crippen molar-refractivity contribution in [2.75, 3.05) is 19.6 Å². The summed E-state index contributed by atoms with van der Waals surface area (Å²) in [5.74, 6) is 0. The minimum absolute atomic E-state index is 0.230. The molecule has 1 heterocycles. The van der Waals surface area contributed by atoms with Crippen molar-refractivity contribution < 1.29 is 8.42 Å². The molecule has 106 valence electrons. The average molecular weight is 291 g/mol. The number of benzene rings is 1. The van der Waals surface area contributed by atoms with Crippen LogP contribution in [-0.4, -0.2) is 28.1 Å². The Labute approximate surface area is 119 Å². The molecule has 0 aliphatic carbocycles. The lowest BCUT2D eigenvalue weighted by molar-refractivity contribution is 0.582. The quantitative estimate of drug-likeness (QED) is 0.791. The summed E-state index contributed by atoms with van der Waals surface area (Å²) in [4.78, 5) is 0.230. The van der Waals surface area contributed by atoms with Crippen LogP contribution in [0.5, 0.6) is 0 Å². The van der Waals surface area contributed by atoms with Gasteiger partial charge in [-0.2, -0.15) is 5.26 Å². The Hall–Kier alpha value is -1.68. The first-order chi connectivity index (χ1) is 9.62. The zero-order chi connectivity index (χ0) is 14.4. The predicted molar refractivity (Wildman–Crippen MR) is 76.5 cm³/mol. The van der Waals surface area contributed by atoms with E-state index >= 15 is 0 Å². The number of sulfonamides is 1. The van der Waals surface area contributed by atoms with E-state index in [4.69, 9.17) is 5.26 Å². The topological polar surface area (TPSA) is 82.0 Å². The third-order valence-corrected chi connectivity index (χ3v) is 4.58. The SMILES string of the molecule is N#CCc1ccc(S(=O)(=O)NCC2=CCNCC2)cc1. The van der Waals surface area contributed by atoms with Crippen LogP contribution in [0.25, 0.3) is 0 Å². The van der Waals surface area contributed by atoms with Crippen LogP contribution in [0, 0.1) is 11.3 Å². The van der Waals surface area contributed by atoms with Gasteiger partial charge in [0.25, 0.3) is 0 Å². The molecule has 0 atom stereocenters. The second-order valence-electron chi connectivity index (χ2n) is 4.62. The molecule has 0 saturated carbocycles. The van der Waals surface area contributed by atoms with E-state index in [0.717, 1.165) is 30.6 Å². The average Bonchev–Trinajstić information content (AvgIpc) is 2.47. The third kappa shape index (κ3) is 3.90. The van der Waals surface area contributed by atoms with Crippen LogP contribution in [0.1, 0.15) is 12.0 Å². The van der Waals surface area contributed by atoms with E-state index in [1.807, 2.05) is 12.1 Å². The van der Waals surface area contributed by atoms with Crippen LogP contribution in [0.3, 0.4) is 0 Å². The Morgan fingerprint density at radius 3 is 2.65 bits per heavy atom. The van der Waals surface area contributed by atoms with Gasteiger partial charge in [0.2, 0.25) is 10.0 Å². The molecule has 20 heavy (non-hydrogen) atoms. The van der Waals surface area contributed by atoms with E-state index in [0.29, 0.717) is 6.54 Å². The molecule has 0 amide bonds. The van der Waals surface area contributed by atoms with Crippen LogP contribution in [-0.2, 0) is 16.4 Å². The van der Waals surface area contributed by atoms with Gasteiger partial charge in [0.15, 0.2) is 0 Å². The second-order valence-corrected chi connectivity index (χ2v) is 6.39. The molecule has 6 heteroatoms. The first-order valence-electron chi connectivity index (χ1n) is 6.46. The van der Waals surface area contributed by atoms with Gasteiger partial charge >= 0.3 is 0 Å². The van der Waals surface area contributed by atoms with Crippen molar-refractivity contribution in [3.63, 3.8) is 0 Å². The molecule has 0 saturated heterocycles. The van der Waals surface area contributed by atoms with Crippen molar-refractivity contribution >= 4 is 10.0 Å². The molecule has 2 rings (SSSR count). The largest absolute Gasteiger partial charge is 0.313 e. The summed E-state index contributed by atoms with van der Waals surface area (Å²) in [5.41, 5.74) is 1.92. The summed E-state index contributed by atoms with van der Waals surface area (Å²) < 4.78 is 26.9. The molecule has 0 radical (unpaired) electrons. The van der Waals surface area contributed by atoms with Crippen LogP contribution in [0.15, 0.2) is 40.8 Å². The molecule has 0 bridgehead atoms. The molecule has 2 N–H and O–H groups in total. The number of hydrogen-bond donors (Lipinski definition) is 2. The Kier molecular flexibility index (Phi) is 4.90. The lowest BCUT2D eigenvalue weighted by Crippen LogP contribution is -2.29. The van der Waals surface area contributed by atoms with Crippen LogP contribution < -0.4 is 10.0 Å². The highest BCUT2D eigenvalue weighted by Gasteiger charge is 2.14. The summed E-state index contributed by atoms with van der Waals surface area (Å²) in [6.07, 6.45) is 3.17. The molecule has 1 aromatic carbocycles. The van der Waals surface area contributed by atoms with E-state index < -0.39 is 10.0 Å². The smallest absolute Gasteiger partial charge is 0.240 e. The van der Waals surface area contributed by atoms with Gasteiger partial charge in [0.05, 0.1) is 17.4 Å². The first-order valence-corrected chi connectivity index (χ1v) is 7.94. The number of rotatable bonds is 5. The maximum atomic E-state index is 12.1. The van der Waals surface area contributed by atoms with E-state index in [9.17, 15) is 8.42 Å². The van der Waals surface area contributed by atoms with Crippen molar-refractivity contribution in [2.24, 2.45) is 0 Å². The zero-order valence-corrected chi connectivity index (χ0v) is 11.9. The van der Waals surface area contributed by atoms with Crippen molar-refractivity contribution in [1.29, 1.82) is 5.26 Å². The highest BCUT2D eigenvalue weighted by Crippen LogP contribution is 2.12. The summed E-state index contributed by atoms with van der Waals surface area (Å²) in [6.45, 7) is 2.03. The number of nitrogens with one attached hydrogen (secondary N) is 2. The lowest BCUT2D eigenvalue weighted by Gasteiger charge is -2.14. The molecule has 0 unspecified atom stereocenters. The van der Waals surface area contributed by atoms with Gasteiger partial charge in [0, 0.05) is 13.1 Å². The minimum Gasteiger partial charge on any atom is -0.313 e. The third-order valence-electron chi connectivity index (χ3n) is 3.16. The first kappa shape index (κ1) is 14.7. The van der Waals surface area contributed by atoms with Gasteiger partial charge in [-0.15, -0.1) is 0 Å². The summed E-state index contributed by atoms with van der Waals surface area (Å²) in [5, 5.41) is 11.8. The minimum atomic E-state index is -3.49. The lowest BCUT2D eigenvalue weighted by atomic mass is 10.1. The van der Waals surface area contributed by atoms with E-state index in [1.54, 1.807) is 12.1 Å². The maximum Gasteiger partial charge on any atom is 0.240 e. The standard InChI is InChI=1S/C14H17N3O2S/c15-8-5-12-1-3-14(4-2-12)20(18,19)17-11-13-6-9-16-10-7-13/h1-4,6,16-17H,5,7,9-11H2. The fraction of sp³-hybridized carbons (Fsp3) is 0.357. The van der Waals surface area contributed by atoms with Crippen molar-refractivity contribution in [1.82, 2.24) is 10.0 Å². The monoisotopic (exact) mass is 291 g/mol. The molecular weight excluding hydrogens is 274 g/mol.